The number of carbonyl (C=O) groups is 1. The van der Waals surface area contributed by atoms with Gasteiger partial charge in [0.15, 0.2) is 6.61 Å². The summed E-state index contributed by atoms with van der Waals surface area (Å²) in [6.45, 7) is 4.86. The summed E-state index contributed by atoms with van der Waals surface area (Å²) in [7, 11) is 0. The van der Waals surface area contributed by atoms with Crippen molar-refractivity contribution >= 4 is 21.8 Å². The van der Waals surface area contributed by atoms with E-state index in [1.165, 1.54) is 0 Å². The highest BCUT2D eigenvalue weighted by Crippen LogP contribution is 2.16. The van der Waals surface area contributed by atoms with Crippen molar-refractivity contribution in [1.29, 1.82) is 0 Å². The zero-order chi connectivity index (χ0) is 12.7. The van der Waals surface area contributed by atoms with E-state index in [0.717, 1.165) is 5.33 Å². The van der Waals surface area contributed by atoms with Crippen LogP contribution in [0.2, 0.25) is 0 Å². The Balaban J connectivity index is 2.27. The molecule has 0 bridgehead atoms. The van der Waals surface area contributed by atoms with Crippen LogP contribution in [0, 0.1) is 5.41 Å². The molecule has 94 valence electrons. The fourth-order valence-corrected chi connectivity index (χ4v) is 1.30. The van der Waals surface area contributed by atoms with Crippen molar-refractivity contribution in [2.45, 2.75) is 13.8 Å². The average Bonchev–Trinajstić information content (AvgIpc) is 2.35. The lowest BCUT2D eigenvalue weighted by atomic mass is 9.97. The van der Waals surface area contributed by atoms with Gasteiger partial charge in [-0.15, -0.1) is 0 Å². The van der Waals surface area contributed by atoms with Gasteiger partial charge in [-0.25, -0.2) is 0 Å². The SMILES string of the molecule is CC(C)(CBr)CNC(=O)COc1ccccc1. The van der Waals surface area contributed by atoms with Gasteiger partial charge in [0.25, 0.3) is 5.91 Å². The summed E-state index contributed by atoms with van der Waals surface area (Å²) in [5, 5.41) is 3.70. The number of hydrogen-bond acceptors (Lipinski definition) is 2. The number of amides is 1. The summed E-state index contributed by atoms with van der Waals surface area (Å²) >= 11 is 3.41. The molecule has 1 aromatic carbocycles. The third-order valence-corrected chi connectivity index (χ3v) is 3.76. The van der Waals surface area contributed by atoms with Crippen LogP contribution >= 0.6 is 15.9 Å². The summed E-state index contributed by atoms with van der Waals surface area (Å²) in [6.07, 6.45) is 0. The smallest absolute Gasteiger partial charge is 0.257 e. The van der Waals surface area contributed by atoms with Crippen LogP contribution in [0.1, 0.15) is 13.8 Å². The minimum atomic E-state index is -0.0946. The maximum atomic E-state index is 11.5. The van der Waals surface area contributed by atoms with Crippen molar-refractivity contribution < 1.29 is 9.53 Å². The van der Waals surface area contributed by atoms with Gasteiger partial charge in [-0.1, -0.05) is 48.0 Å². The molecule has 1 N–H and O–H groups in total. The molecule has 0 aromatic heterocycles. The number of nitrogens with one attached hydrogen (secondary N) is 1. The Hall–Kier alpha value is -1.03. The molecule has 1 amide bonds. The largest absolute Gasteiger partial charge is 0.484 e. The van der Waals surface area contributed by atoms with Gasteiger partial charge in [-0.05, 0) is 17.5 Å². The molecule has 0 aliphatic heterocycles. The summed E-state index contributed by atoms with van der Waals surface area (Å²) in [6, 6.07) is 9.32. The number of benzene rings is 1. The standard InChI is InChI=1S/C13H18BrNO2/c1-13(2,9-14)10-15-12(16)8-17-11-6-4-3-5-7-11/h3-7H,8-10H2,1-2H3,(H,15,16). The lowest BCUT2D eigenvalue weighted by Gasteiger charge is -2.21. The van der Waals surface area contributed by atoms with Crippen LogP contribution < -0.4 is 10.1 Å². The van der Waals surface area contributed by atoms with E-state index in [-0.39, 0.29) is 17.9 Å². The molecule has 0 spiro atoms. The molecule has 0 radical (unpaired) electrons. The van der Waals surface area contributed by atoms with Crippen molar-refractivity contribution in [3.63, 3.8) is 0 Å². The molecular weight excluding hydrogens is 282 g/mol. The summed E-state index contributed by atoms with van der Waals surface area (Å²) < 4.78 is 5.34. The molecule has 0 saturated carbocycles. The number of ether oxygens (including phenoxy) is 1. The molecule has 4 heteroatoms. The minimum absolute atomic E-state index is 0.0579. The van der Waals surface area contributed by atoms with E-state index >= 15 is 0 Å². The van der Waals surface area contributed by atoms with Crippen LogP contribution in [0.5, 0.6) is 5.75 Å². The second-order valence-corrected chi connectivity index (χ2v) is 5.24. The van der Waals surface area contributed by atoms with Crippen molar-refractivity contribution in [1.82, 2.24) is 5.32 Å². The van der Waals surface area contributed by atoms with Crippen LogP contribution in [0.15, 0.2) is 30.3 Å². The van der Waals surface area contributed by atoms with E-state index in [2.05, 4.69) is 35.1 Å². The van der Waals surface area contributed by atoms with Crippen molar-refractivity contribution in [3.05, 3.63) is 30.3 Å². The van der Waals surface area contributed by atoms with E-state index in [0.29, 0.717) is 12.3 Å². The minimum Gasteiger partial charge on any atom is -0.484 e. The Bertz CT molecular complexity index is 352. The van der Waals surface area contributed by atoms with Gasteiger partial charge in [-0.2, -0.15) is 0 Å². The molecule has 0 heterocycles. The number of halogens is 1. The van der Waals surface area contributed by atoms with Gasteiger partial charge in [0.1, 0.15) is 5.75 Å². The molecule has 0 saturated heterocycles. The normalized spacial score (nSPS) is 11.0. The number of rotatable bonds is 6. The molecular formula is C13H18BrNO2. The van der Waals surface area contributed by atoms with Crippen LogP contribution in [0.4, 0.5) is 0 Å². The van der Waals surface area contributed by atoms with Crippen molar-refractivity contribution in [2.75, 3.05) is 18.5 Å². The lowest BCUT2D eigenvalue weighted by molar-refractivity contribution is -0.123. The van der Waals surface area contributed by atoms with Crippen LogP contribution in [0.3, 0.4) is 0 Å². The highest BCUT2D eigenvalue weighted by molar-refractivity contribution is 9.09. The molecule has 17 heavy (non-hydrogen) atoms. The molecule has 0 aliphatic rings. The monoisotopic (exact) mass is 299 g/mol. The Morgan fingerprint density at radius 2 is 2.00 bits per heavy atom. The Morgan fingerprint density at radius 3 is 2.59 bits per heavy atom. The second-order valence-electron chi connectivity index (χ2n) is 4.68. The quantitative estimate of drug-likeness (QED) is 0.820. The molecule has 0 atom stereocenters. The predicted octanol–water partition coefficient (Wildman–Crippen LogP) is 2.60. The summed E-state index contributed by atoms with van der Waals surface area (Å²) in [5.41, 5.74) is 0.0579. The Morgan fingerprint density at radius 1 is 1.35 bits per heavy atom. The zero-order valence-corrected chi connectivity index (χ0v) is 11.8. The third-order valence-electron chi connectivity index (χ3n) is 2.24. The van der Waals surface area contributed by atoms with Gasteiger partial charge in [-0.3, -0.25) is 4.79 Å². The maximum absolute atomic E-state index is 11.5. The van der Waals surface area contributed by atoms with Crippen LogP contribution in [-0.2, 0) is 4.79 Å². The fraction of sp³-hybridized carbons (Fsp3) is 0.462. The van der Waals surface area contributed by atoms with Gasteiger partial charge in [0, 0.05) is 11.9 Å². The lowest BCUT2D eigenvalue weighted by Crippen LogP contribution is -2.37. The first-order chi connectivity index (χ1) is 8.03. The average molecular weight is 300 g/mol. The molecule has 1 aromatic rings. The first-order valence-corrected chi connectivity index (χ1v) is 6.66. The zero-order valence-electron chi connectivity index (χ0n) is 10.2. The topological polar surface area (TPSA) is 38.3 Å². The van der Waals surface area contributed by atoms with Gasteiger partial charge in [0.05, 0.1) is 0 Å². The highest BCUT2D eigenvalue weighted by Gasteiger charge is 2.17. The van der Waals surface area contributed by atoms with E-state index < -0.39 is 0 Å². The van der Waals surface area contributed by atoms with E-state index in [4.69, 9.17) is 4.74 Å². The van der Waals surface area contributed by atoms with Gasteiger partial charge < -0.3 is 10.1 Å². The Labute approximate surface area is 111 Å². The molecule has 0 fully saturated rings. The Kier molecular flexibility index (Phi) is 5.48. The molecule has 3 nitrogen and oxygen atoms in total. The highest BCUT2D eigenvalue weighted by atomic mass is 79.9. The van der Waals surface area contributed by atoms with Gasteiger partial charge >= 0.3 is 0 Å². The molecule has 1 rings (SSSR count). The second kappa shape index (κ2) is 6.64. The fourth-order valence-electron chi connectivity index (χ4n) is 1.10. The molecule has 0 unspecified atom stereocenters. The van der Waals surface area contributed by atoms with Crippen LogP contribution in [0.25, 0.3) is 0 Å². The van der Waals surface area contributed by atoms with E-state index in [1.54, 1.807) is 0 Å². The van der Waals surface area contributed by atoms with E-state index in [9.17, 15) is 4.79 Å². The van der Waals surface area contributed by atoms with Crippen LogP contribution in [-0.4, -0.2) is 24.4 Å². The maximum Gasteiger partial charge on any atom is 0.257 e. The summed E-state index contributed by atoms with van der Waals surface area (Å²) in [5.74, 6) is 0.616. The number of alkyl halides is 1. The summed E-state index contributed by atoms with van der Waals surface area (Å²) in [4.78, 5) is 11.5. The third kappa shape index (κ3) is 5.73. The molecule has 0 aliphatic carbocycles. The van der Waals surface area contributed by atoms with Crippen molar-refractivity contribution in [2.24, 2.45) is 5.41 Å². The first kappa shape index (κ1) is 14.0. The van der Waals surface area contributed by atoms with Crippen molar-refractivity contribution in [3.8, 4) is 5.75 Å². The number of hydrogen-bond donors (Lipinski definition) is 1. The number of para-hydroxylation sites is 1. The predicted molar refractivity (Wildman–Crippen MR) is 72.5 cm³/mol. The first-order valence-electron chi connectivity index (χ1n) is 5.54. The van der Waals surface area contributed by atoms with E-state index in [1.807, 2.05) is 30.3 Å². The number of carbonyl (C=O) groups excluding carboxylic acids is 1. The van der Waals surface area contributed by atoms with Gasteiger partial charge in [0.2, 0.25) is 0 Å².